The smallest absolute Gasteiger partial charge is 0.159 e. The van der Waals surface area contributed by atoms with Crippen LogP contribution in [0.1, 0.15) is 6.42 Å². The summed E-state index contributed by atoms with van der Waals surface area (Å²) in [6.07, 6.45) is 5.28. The van der Waals surface area contributed by atoms with Crippen molar-refractivity contribution in [2.45, 2.75) is 6.42 Å². The highest BCUT2D eigenvalue weighted by Crippen LogP contribution is 2.03. The normalized spacial score (nSPS) is 18.6. The maximum Gasteiger partial charge on any atom is 0.159 e. The topological polar surface area (TPSA) is 17.1 Å². The van der Waals surface area contributed by atoms with E-state index in [1.54, 1.807) is 12.2 Å². The Kier molecular flexibility index (Phi) is 1.29. The summed E-state index contributed by atoms with van der Waals surface area (Å²) in [5, 5.41) is 0. The van der Waals surface area contributed by atoms with Crippen LogP contribution in [0.15, 0.2) is 23.8 Å². The number of hydrogen-bond donors (Lipinski definition) is 0. The first kappa shape index (κ1) is 5.29. The lowest BCUT2D eigenvalue weighted by Gasteiger charge is -1.96. The highest BCUT2D eigenvalue weighted by Gasteiger charge is 1.97. The van der Waals surface area contributed by atoms with Gasteiger partial charge < -0.3 is 0 Å². The van der Waals surface area contributed by atoms with Gasteiger partial charge in [-0.1, -0.05) is 12.2 Å². The third-order valence-corrected chi connectivity index (χ3v) is 1.00. The summed E-state index contributed by atoms with van der Waals surface area (Å²) in [6, 6.07) is 0. The summed E-state index contributed by atoms with van der Waals surface area (Å²) in [5.41, 5.74) is 0.685. The van der Waals surface area contributed by atoms with Crippen molar-refractivity contribution in [3.63, 3.8) is 0 Å². The Hall–Kier alpha value is -0.850. The van der Waals surface area contributed by atoms with E-state index >= 15 is 0 Å². The van der Waals surface area contributed by atoms with Gasteiger partial charge in [-0.25, -0.2) is 0 Å². The number of carbonyl (C=O) groups is 1. The van der Waals surface area contributed by atoms with Crippen LogP contribution in [-0.4, -0.2) is 5.78 Å². The molecule has 0 aromatic rings. The zero-order valence-corrected chi connectivity index (χ0v) is 4.42. The molecule has 0 amide bonds. The van der Waals surface area contributed by atoms with E-state index in [9.17, 15) is 4.79 Å². The van der Waals surface area contributed by atoms with E-state index in [0.717, 1.165) is 0 Å². The molecule has 1 aliphatic carbocycles. The molecule has 0 unspecified atom stereocenters. The summed E-state index contributed by atoms with van der Waals surface area (Å²) >= 11 is 0. The van der Waals surface area contributed by atoms with Crippen LogP contribution < -0.4 is 0 Å². The molecule has 0 spiro atoms. The first-order valence-corrected chi connectivity index (χ1v) is 2.45. The van der Waals surface area contributed by atoms with Gasteiger partial charge in [-0.15, -0.1) is 0 Å². The van der Waals surface area contributed by atoms with E-state index in [1.165, 1.54) is 6.08 Å². The number of allylic oxidation sites excluding steroid dienone is 4. The first-order valence-electron chi connectivity index (χ1n) is 2.45. The molecule has 2 radical (unpaired) electrons. The lowest BCUT2D eigenvalue weighted by molar-refractivity contribution is -0.113. The van der Waals surface area contributed by atoms with Gasteiger partial charge in [0.25, 0.3) is 0 Å². The maximum atomic E-state index is 10.4. The molecule has 0 bridgehead atoms. The van der Waals surface area contributed by atoms with Crippen LogP contribution in [0.2, 0.25) is 0 Å². The molecular formula is C7H6O. The molecule has 1 heteroatoms. The molecule has 0 N–H and O–H groups in total. The van der Waals surface area contributed by atoms with Gasteiger partial charge >= 0.3 is 0 Å². The van der Waals surface area contributed by atoms with Gasteiger partial charge in [-0.2, -0.15) is 0 Å². The molecule has 0 aromatic carbocycles. The van der Waals surface area contributed by atoms with Crippen molar-refractivity contribution in [3.8, 4) is 0 Å². The highest BCUT2D eigenvalue weighted by molar-refractivity contribution is 5.92. The van der Waals surface area contributed by atoms with Crippen LogP contribution in [0.25, 0.3) is 0 Å². The Morgan fingerprint density at radius 2 is 2.25 bits per heavy atom. The van der Waals surface area contributed by atoms with E-state index in [0.29, 0.717) is 12.0 Å². The number of hydrogen-bond acceptors (Lipinski definition) is 1. The third kappa shape index (κ3) is 1.06. The van der Waals surface area contributed by atoms with E-state index in [-0.39, 0.29) is 5.78 Å². The molecule has 8 heavy (non-hydrogen) atoms. The molecule has 1 nitrogen and oxygen atoms in total. The monoisotopic (exact) mass is 106 g/mol. The lowest BCUT2D eigenvalue weighted by Crippen LogP contribution is -1.93. The number of rotatable bonds is 0. The molecule has 0 aliphatic heterocycles. The standard InChI is InChI=1S/C7H6O/c1-6-2-4-7(8)5-3-6/h1-4H,5H2. The maximum absolute atomic E-state index is 10.4. The van der Waals surface area contributed by atoms with E-state index in [1.807, 2.05) is 0 Å². The van der Waals surface area contributed by atoms with Crippen LogP contribution in [-0.2, 0) is 4.79 Å². The van der Waals surface area contributed by atoms with Crippen LogP contribution in [0.4, 0.5) is 0 Å². The molecule has 40 valence electrons. The van der Waals surface area contributed by atoms with Crippen LogP contribution in [0.5, 0.6) is 0 Å². The van der Waals surface area contributed by atoms with Crippen molar-refractivity contribution in [2.24, 2.45) is 0 Å². The molecule has 0 aromatic heterocycles. The minimum Gasteiger partial charge on any atom is -0.295 e. The van der Waals surface area contributed by atoms with Gasteiger partial charge in [0.2, 0.25) is 0 Å². The SMILES string of the molecule is [CH]C1=CCC(=O)C=C1. The second kappa shape index (κ2) is 1.95. The Bertz CT molecular complexity index is 160. The van der Waals surface area contributed by atoms with Gasteiger partial charge in [0.05, 0.1) is 0 Å². The Balaban J connectivity index is 2.71. The average Bonchev–Trinajstić information content (AvgIpc) is 1.77. The van der Waals surface area contributed by atoms with Crippen molar-refractivity contribution >= 4 is 5.78 Å². The highest BCUT2D eigenvalue weighted by atomic mass is 16.1. The largest absolute Gasteiger partial charge is 0.295 e. The fraction of sp³-hybridized carbons (Fsp3) is 0.143. The quantitative estimate of drug-likeness (QED) is 0.452. The summed E-state index contributed by atoms with van der Waals surface area (Å²) in [5.74, 6) is 0.124. The Morgan fingerprint density at radius 1 is 1.50 bits per heavy atom. The van der Waals surface area contributed by atoms with Crippen LogP contribution in [0.3, 0.4) is 0 Å². The zero-order valence-electron chi connectivity index (χ0n) is 4.42. The van der Waals surface area contributed by atoms with Crippen molar-refractivity contribution < 1.29 is 4.79 Å². The molecule has 0 saturated carbocycles. The van der Waals surface area contributed by atoms with Gasteiger partial charge in [0.1, 0.15) is 0 Å². The minimum atomic E-state index is 0.124. The van der Waals surface area contributed by atoms with Gasteiger partial charge in [-0.05, 0) is 18.6 Å². The molecule has 1 aliphatic rings. The molecule has 0 saturated heterocycles. The number of carbonyl (C=O) groups excluding carboxylic acids is 1. The predicted octanol–water partition coefficient (Wildman–Crippen LogP) is 1.15. The van der Waals surface area contributed by atoms with E-state index < -0.39 is 0 Å². The average molecular weight is 106 g/mol. The van der Waals surface area contributed by atoms with Gasteiger partial charge in [-0.3, -0.25) is 4.79 Å². The van der Waals surface area contributed by atoms with Crippen molar-refractivity contribution in [2.75, 3.05) is 0 Å². The summed E-state index contributed by atoms with van der Waals surface area (Å²) in [4.78, 5) is 10.4. The summed E-state index contributed by atoms with van der Waals surface area (Å²) in [7, 11) is 0. The Labute approximate surface area is 48.7 Å². The summed E-state index contributed by atoms with van der Waals surface area (Å²) < 4.78 is 0. The van der Waals surface area contributed by atoms with Gasteiger partial charge in [0, 0.05) is 6.42 Å². The summed E-state index contributed by atoms with van der Waals surface area (Å²) in [6.45, 7) is 5.32. The molecule has 1 rings (SSSR count). The minimum absolute atomic E-state index is 0.124. The van der Waals surface area contributed by atoms with E-state index in [2.05, 4.69) is 0 Å². The van der Waals surface area contributed by atoms with E-state index in [4.69, 9.17) is 6.92 Å². The predicted molar refractivity (Wildman–Crippen MR) is 31.1 cm³/mol. The van der Waals surface area contributed by atoms with Crippen molar-refractivity contribution in [3.05, 3.63) is 30.7 Å². The Morgan fingerprint density at radius 3 is 2.62 bits per heavy atom. The van der Waals surface area contributed by atoms with Gasteiger partial charge in [0.15, 0.2) is 5.78 Å². The van der Waals surface area contributed by atoms with Crippen molar-refractivity contribution in [1.29, 1.82) is 0 Å². The fourth-order valence-corrected chi connectivity index (χ4v) is 0.544. The molecule has 0 atom stereocenters. The zero-order chi connectivity index (χ0) is 5.98. The third-order valence-electron chi connectivity index (χ3n) is 1.00. The lowest BCUT2D eigenvalue weighted by atomic mass is 10.1. The second-order valence-corrected chi connectivity index (χ2v) is 1.71. The van der Waals surface area contributed by atoms with Crippen LogP contribution in [0, 0.1) is 6.92 Å². The fourth-order valence-electron chi connectivity index (χ4n) is 0.544. The molecule has 0 fully saturated rings. The van der Waals surface area contributed by atoms with Crippen LogP contribution >= 0.6 is 0 Å². The first-order chi connectivity index (χ1) is 3.79. The molecular weight excluding hydrogens is 100 g/mol. The van der Waals surface area contributed by atoms with Crippen molar-refractivity contribution in [1.82, 2.24) is 0 Å². The second-order valence-electron chi connectivity index (χ2n) is 1.71. The molecule has 0 heterocycles. The number of ketones is 1.